The van der Waals surface area contributed by atoms with Gasteiger partial charge in [-0.15, -0.1) is 0 Å². The Morgan fingerprint density at radius 1 is 0.268 bits per heavy atom. The zero-order valence-electron chi connectivity index (χ0n) is 35.7. The lowest BCUT2D eigenvalue weighted by Gasteiger charge is -2.52. The first-order chi connectivity index (χ1) is 27.7. The van der Waals surface area contributed by atoms with Crippen molar-refractivity contribution in [3.05, 3.63) is 0 Å². The van der Waals surface area contributed by atoms with Crippen molar-refractivity contribution >= 4 is 0 Å². The average Bonchev–Trinajstić information content (AvgIpc) is 3.95. The second-order valence-corrected chi connectivity index (χ2v) is 23.5. The molecule has 12 aliphatic rings. The van der Waals surface area contributed by atoms with E-state index < -0.39 is 0 Å². The molecular weight excluding hydrogens is 687 g/mol. The van der Waals surface area contributed by atoms with Crippen LogP contribution < -0.4 is 0 Å². The fourth-order valence-corrected chi connectivity index (χ4v) is 19.3. The number of rotatable bonds is 5. The Balaban J connectivity index is 0.736. The standard InChI is InChI=1S/C52H83NO3/c1-2-11-38-32(9-1)10-7-14-39(38)33-19-23-35(24-20-33)53(37-27-28-42-41-12-3-5-17-46(41)55-49(42)31-37)36-25-21-34(22-26-36)40-15-8-16-43-44-29-30-48-50(52(44)56-51(40)43)45-13-4-6-18-47(45)54-48/h32-52H,1-31H2. The smallest absolute Gasteiger partial charge is 0.0667 e. The van der Waals surface area contributed by atoms with Crippen molar-refractivity contribution in [2.45, 2.75) is 254 Å². The number of hydrogen-bond acceptors (Lipinski definition) is 4. The molecule has 17 unspecified atom stereocenters. The van der Waals surface area contributed by atoms with Gasteiger partial charge in [0.1, 0.15) is 0 Å². The average molecular weight is 770 g/mol. The zero-order valence-corrected chi connectivity index (χ0v) is 35.7. The van der Waals surface area contributed by atoms with Gasteiger partial charge in [-0.3, -0.25) is 4.90 Å². The highest BCUT2D eigenvalue weighted by atomic mass is 16.5. The van der Waals surface area contributed by atoms with E-state index in [1.807, 2.05) is 0 Å². The third kappa shape index (κ3) is 6.61. The van der Waals surface area contributed by atoms with Crippen molar-refractivity contribution < 1.29 is 14.2 Å². The van der Waals surface area contributed by atoms with Gasteiger partial charge in [-0.1, -0.05) is 64.2 Å². The topological polar surface area (TPSA) is 30.9 Å². The van der Waals surface area contributed by atoms with Crippen molar-refractivity contribution in [1.29, 1.82) is 0 Å². The lowest BCUT2D eigenvalue weighted by atomic mass is 9.59. The van der Waals surface area contributed by atoms with Crippen LogP contribution in [-0.4, -0.2) is 59.6 Å². The fourth-order valence-electron chi connectivity index (χ4n) is 19.3. The molecule has 3 saturated heterocycles. The molecule has 4 nitrogen and oxygen atoms in total. The summed E-state index contributed by atoms with van der Waals surface area (Å²) in [6.07, 6.45) is 48.8. The van der Waals surface area contributed by atoms with E-state index >= 15 is 0 Å². The van der Waals surface area contributed by atoms with E-state index in [2.05, 4.69) is 4.90 Å². The molecule has 17 atom stereocenters. The molecule has 56 heavy (non-hydrogen) atoms. The molecule has 0 aromatic carbocycles. The van der Waals surface area contributed by atoms with Crippen LogP contribution in [0.5, 0.6) is 0 Å². The molecule has 0 bridgehead atoms. The maximum absolute atomic E-state index is 7.53. The Kier molecular flexibility index (Phi) is 10.7. The molecule has 4 heteroatoms. The zero-order chi connectivity index (χ0) is 36.7. The maximum atomic E-state index is 7.53. The molecule has 0 aromatic heterocycles. The van der Waals surface area contributed by atoms with Crippen molar-refractivity contribution in [3.63, 3.8) is 0 Å². The van der Waals surface area contributed by atoms with E-state index in [0.29, 0.717) is 36.6 Å². The first kappa shape index (κ1) is 37.6. The molecule has 0 amide bonds. The SMILES string of the molecule is C1CCC2C(C1)CCCC2C1CCC(N(C2CCC(C3CCCC4C5CCC6OC7CCCCC7C6C5OC34)CC2)C2CCC3C(C2)OC2CCCCC23)CC1. The molecule has 12 fully saturated rings. The molecule has 3 aliphatic heterocycles. The van der Waals surface area contributed by atoms with Gasteiger partial charge >= 0.3 is 0 Å². The summed E-state index contributed by atoms with van der Waals surface area (Å²) in [7, 11) is 0. The van der Waals surface area contributed by atoms with Gasteiger partial charge in [0, 0.05) is 24.0 Å². The maximum Gasteiger partial charge on any atom is 0.0667 e. The van der Waals surface area contributed by atoms with Crippen molar-refractivity contribution in [1.82, 2.24) is 4.90 Å². The Morgan fingerprint density at radius 2 is 0.750 bits per heavy atom. The summed E-state index contributed by atoms with van der Waals surface area (Å²) in [5.74, 6) is 11.0. The van der Waals surface area contributed by atoms with Gasteiger partial charge in [0.15, 0.2) is 0 Å². The lowest BCUT2D eigenvalue weighted by molar-refractivity contribution is -0.0891. The summed E-state index contributed by atoms with van der Waals surface area (Å²) in [5, 5.41) is 0. The second-order valence-electron chi connectivity index (χ2n) is 23.5. The second kappa shape index (κ2) is 15.9. The minimum atomic E-state index is 0.514. The summed E-state index contributed by atoms with van der Waals surface area (Å²) >= 11 is 0. The predicted molar refractivity (Wildman–Crippen MR) is 224 cm³/mol. The van der Waals surface area contributed by atoms with E-state index in [9.17, 15) is 0 Å². The van der Waals surface area contributed by atoms with E-state index in [0.717, 1.165) is 89.1 Å². The minimum absolute atomic E-state index is 0.514. The van der Waals surface area contributed by atoms with Crippen LogP contribution in [0.2, 0.25) is 0 Å². The molecule has 0 spiro atoms. The fraction of sp³-hybridized carbons (Fsp3) is 1.00. The summed E-state index contributed by atoms with van der Waals surface area (Å²) in [4.78, 5) is 3.31. The van der Waals surface area contributed by atoms with Gasteiger partial charge in [0.2, 0.25) is 0 Å². The summed E-state index contributed by atoms with van der Waals surface area (Å²) in [5.41, 5.74) is 0. The molecular formula is C52H83NO3. The highest BCUT2D eigenvalue weighted by Crippen LogP contribution is 2.59. The van der Waals surface area contributed by atoms with Gasteiger partial charge in [-0.2, -0.15) is 0 Å². The predicted octanol–water partition coefficient (Wildman–Crippen LogP) is 12.3. The van der Waals surface area contributed by atoms with Crippen LogP contribution in [0.4, 0.5) is 0 Å². The van der Waals surface area contributed by atoms with Gasteiger partial charge in [-0.25, -0.2) is 0 Å². The number of nitrogens with zero attached hydrogens (tertiary/aromatic N) is 1. The van der Waals surface area contributed by atoms with Crippen LogP contribution in [0, 0.1) is 71.0 Å². The normalized spacial score (nSPS) is 55.6. The van der Waals surface area contributed by atoms with Crippen molar-refractivity contribution in [3.8, 4) is 0 Å². The monoisotopic (exact) mass is 770 g/mol. The third-order valence-electron chi connectivity index (χ3n) is 21.5. The van der Waals surface area contributed by atoms with E-state index in [-0.39, 0.29) is 0 Å². The Morgan fingerprint density at radius 3 is 1.54 bits per heavy atom. The third-order valence-corrected chi connectivity index (χ3v) is 21.5. The minimum Gasteiger partial charge on any atom is -0.374 e. The molecule has 314 valence electrons. The van der Waals surface area contributed by atoms with Crippen molar-refractivity contribution in [2.24, 2.45) is 71.0 Å². The van der Waals surface area contributed by atoms with E-state index in [4.69, 9.17) is 14.2 Å². The molecule has 9 aliphatic carbocycles. The summed E-state index contributed by atoms with van der Waals surface area (Å²) < 4.78 is 21.4. The quantitative estimate of drug-likeness (QED) is 0.279. The molecule has 0 aromatic rings. The molecule has 12 rings (SSSR count). The van der Waals surface area contributed by atoms with Crippen LogP contribution in [0.1, 0.15) is 199 Å². The Labute approximate surface area is 342 Å². The van der Waals surface area contributed by atoms with Crippen LogP contribution >= 0.6 is 0 Å². The largest absolute Gasteiger partial charge is 0.374 e. The van der Waals surface area contributed by atoms with Crippen LogP contribution in [0.3, 0.4) is 0 Å². The number of ether oxygens (including phenoxy) is 3. The Bertz CT molecular complexity index is 1330. The van der Waals surface area contributed by atoms with Crippen LogP contribution in [0.25, 0.3) is 0 Å². The van der Waals surface area contributed by atoms with Gasteiger partial charge < -0.3 is 14.2 Å². The van der Waals surface area contributed by atoms with Crippen LogP contribution in [0.15, 0.2) is 0 Å². The first-order valence-corrected chi connectivity index (χ1v) is 26.5. The molecule has 9 saturated carbocycles. The van der Waals surface area contributed by atoms with E-state index in [1.54, 1.807) is 44.9 Å². The van der Waals surface area contributed by atoms with Crippen LogP contribution in [-0.2, 0) is 14.2 Å². The van der Waals surface area contributed by atoms with E-state index in [1.165, 1.54) is 154 Å². The molecule has 3 heterocycles. The Hall–Kier alpha value is -0.160. The first-order valence-electron chi connectivity index (χ1n) is 26.5. The van der Waals surface area contributed by atoms with Crippen molar-refractivity contribution in [2.75, 3.05) is 0 Å². The highest BCUT2D eigenvalue weighted by Gasteiger charge is 2.60. The molecule has 0 radical (unpaired) electrons. The molecule has 0 N–H and O–H groups in total. The summed E-state index contributed by atoms with van der Waals surface area (Å²) in [6, 6.07) is 2.44. The van der Waals surface area contributed by atoms with Gasteiger partial charge in [0.05, 0.1) is 36.6 Å². The highest BCUT2D eigenvalue weighted by molar-refractivity contribution is 5.09. The van der Waals surface area contributed by atoms with Gasteiger partial charge in [-0.05, 0) is 200 Å². The number of fused-ring (bicyclic) bond motifs is 11. The number of hydrogen-bond donors (Lipinski definition) is 0. The summed E-state index contributed by atoms with van der Waals surface area (Å²) in [6.45, 7) is 0. The van der Waals surface area contributed by atoms with Gasteiger partial charge in [0.25, 0.3) is 0 Å². The lowest BCUT2D eigenvalue weighted by Crippen LogP contribution is -2.55.